The van der Waals surface area contributed by atoms with Crippen LogP contribution in [0.15, 0.2) is 24.3 Å². The Hall–Kier alpha value is -3.08. The van der Waals surface area contributed by atoms with Crippen LogP contribution in [-0.4, -0.2) is 48.5 Å². The summed E-state index contributed by atoms with van der Waals surface area (Å²) in [5.74, 6) is -1.59. The molecule has 1 heterocycles. The lowest BCUT2D eigenvalue weighted by Gasteiger charge is -2.31. The minimum atomic E-state index is -0.824. The normalized spacial score (nSPS) is 14.3. The second kappa shape index (κ2) is 8.68. The first-order valence-corrected chi connectivity index (χ1v) is 8.07. The maximum absolute atomic E-state index is 12.0. The maximum atomic E-state index is 12.0. The standard InChI is InChI=1S/C17H20N4O4/c1-2-25-17(24)21-9-7-13(8-10-21)19-15(22)16(23)20-14-6-4-3-5-12(14)11-18/h3-6,13H,2,7-10H2,1H3,(H,19,22)(H,20,23). The molecule has 0 aromatic heterocycles. The molecule has 0 saturated carbocycles. The van der Waals surface area contributed by atoms with Crippen LogP contribution >= 0.6 is 0 Å². The molecule has 0 bridgehead atoms. The van der Waals surface area contributed by atoms with Crippen molar-refractivity contribution in [2.24, 2.45) is 0 Å². The van der Waals surface area contributed by atoms with E-state index in [1.807, 2.05) is 6.07 Å². The summed E-state index contributed by atoms with van der Waals surface area (Å²) in [5, 5.41) is 14.1. The first-order valence-electron chi connectivity index (χ1n) is 8.07. The molecule has 0 spiro atoms. The van der Waals surface area contributed by atoms with E-state index in [1.54, 1.807) is 36.1 Å². The van der Waals surface area contributed by atoms with Crippen molar-refractivity contribution in [3.8, 4) is 6.07 Å². The van der Waals surface area contributed by atoms with Gasteiger partial charge in [-0.25, -0.2) is 4.79 Å². The Kier molecular flexibility index (Phi) is 6.34. The molecule has 2 N–H and O–H groups in total. The average Bonchev–Trinajstić information content (AvgIpc) is 2.63. The lowest BCUT2D eigenvalue weighted by molar-refractivity contribution is -0.136. The molecule has 8 nitrogen and oxygen atoms in total. The van der Waals surface area contributed by atoms with Crippen LogP contribution in [0.1, 0.15) is 25.3 Å². The van der Waals surface area contributed by atoms with E-state index in [-0.39, 0.29) is 17.7 Å². The van der Waals surface area contributed by atoms with E-state index in [1.165, 1.54) is 0 Å². The number of nitrogens with one attached hydrogen (secondary N) is 2. The maximum Gasteiger partial charge on any atom is 0.409 e. The van der Waals surface area contributed by atoms with Gasteiger partial charge in [0, 0.05) is 19.1 Å². The third kappa shape index (κ3) is 4.94. The van der Waals surface area contributed by atoms with Crippen molar-refractivity contribution in [2.75, 3.05) is 25.0 Å². The van der Waals surface area contributed by atoms with E-state index >= 15 is 0 Å². The number of hydrogen-bond acceptors (Lipinski definition) is 5. The summed E-state index contributed by atoms with van der Waals surface area (Å²) < 4.78 is 4.93. The fourth-order valence-electron chi connectivity index (χ4n) is 2.54. The highest BCUT2D eigenvalue weighted by Gasteiger charge is 2.26. The number of piperidine rings is 1. The van der Waals surface area contributed by atoms with Crippen LogP contribution in [0.4, 0.5) is 10.5 Å². The number of amides is 3. The van der Waals surface area contributed by atoms with Gasteiger partial charge < -0.3 is 20.3 Å². The zero-order valence-corrected chi connectivity index (χ0v) is 13.9. The number of carbonyl (C=O) groups is 3. The van der Waals surface area contributed by atoms with Gasteiger partial charge in [0.05, 0.1) is 17.9 Å². The number of benzene rings is 1. The van der Waals surface area contributed by atoms with Gasteiger partial charge >= 0.3 is 17.9 Å². The van der Waals surface area contributed by atoms with Crippen LogP contribution in [0, 0.1) is 11.3 Å². The second-order valence-electron chi connectivity index (χ2n) is 5.55. The molecular weight excluding hydrogens is 324 g/mol. The topological polar surface area (TPSA) is 112 Å². The first-order chi connectivity index (χ1) is 12.0. The Morgan fingerprint density at radius 1 is 1.24 bits per heavy atom. The quantitative estimate of drug-likeness (QED) is 0.801. The molecule has 1 aromatic carbocycles. The predicted molar refractivity (Wildman–Crippen MR) is 89.5 cm³/mol. The fraction of sp³-hybridized carbons (Fsp3) is 0.412. The number of para-hydroxylation sites is 1. The number of ether oxygens (including phenoxy) is 1. The van der Waals surface area contributed by atoms with Crippen molar-refractivity contribution < 1.29 is 19.1 Å². The smallest absolute Gasteiger partial charge is 0.409 e. The Bertz CT molecular complexity index is 690. The Labute approximate surface area is 145 Å². The van der Waals surface area contributed by atoms with Crippen molar-refractivity contribution in [1.29, 1.82) is 5.26 Å². The first kappa shape index (κ1) is 18.3. The monoisotopic (exact) mass is 344 g/mol. The minimum Gasteiger partial charge on any atom is -0.450 e. The van der Waals surface area contributed by atoms with Gasteiger partial charge in [-0.1, -0.05) is 12.1 Å². The summed E-state index contributed by atoms with van der Waals surface area (Å²) in [7, 11) is 0. The molecule has 25 heavy (non-hydrogen) atoms. The van der Waals surface area contributed by atoms with Crippen molar-refractivity contribution >= 4 is 23.6 Å². The van der Waals surface area contributed by atoms with Crippen LogP contribution in [0.25, 0.3) is 0 Å². The van der Waals surface area contributed by atoms with Crippen molar-refractivity contribution in [3.63, 3.8) is 0 Å². The van der Waals surface area contributed by atoms with Gasteiger partial charge in [0.15, 0.2) is 0 Å². The molecule has 1 fully saturated rings. The number of nitrogens with zero attached hydrogens (tertiary/aromatic N) is 2. The minimum absolute atomic E-state index is 0.185. The molecule has 8 heteroatoms. The van der Waals surface area contributed by atoms with E-state index < -0.39 is 11.8 Å². The molecule has 0 aliphatic carbocycles. The number of hydrogen-bond donors (Lipinski definition) is 2. The molecule has 132 valence electrons. The third-order valence-corrected chi connectivity index (χ3v) is 3.86. The number of rotatable bonds is 3. The van der Waals surface area contributed by atoms with E-state index in [2.05, 4.69) is 10.6 Å². The van der Waals surface area contributed by atoms with Gasteiger partial charge in [0.2, 0.25) is 0 Å². The van der Waals surface area contributed by atoms with Crippen LogP contribution in [0.3, 0.4) is 0 Å². The molecule has 0 atom stereocenters. The van der Waals surface area contributed by atoms with Crippen molar-refractivity contribution in [2.45, 2.75) is 25.8 Å². The Morgan fingerprint density at radius 3 is 2.56 bits per heavy atom. The molecular formula is C17H20N4O4. The van der Waals surface area contributed by atoms with Crippen LogP contribution < -0.4 is 10.6 Å². The lowest BCUT2D eigenvalue weighted by atomic mass is 10.1. The van der Waals surface area contributed by atoms with E-state index in [4.69, 9.17) is 10.00 Å². The van der Waals surface area contributed by atoms with E-state index in [0.717, 1.165) is 0 Å². The van der Waals surface area contributed by atoms with Gasteiger partial charge in [-0.15, -0.1) is 0 Å². The summed E-state index contributed by atoms with van der Waals surface area (Å²) >= 11 is 0. The van der Waals surface area contributed by atoms with E-state index in [9.17, 15) is 14.4 Å². The molecule has 2 rings (SSSR count). The summed E-state index contributed by atoms with van der Waals surface area (Å²) in [6, 6.07) is 8.22. The van der Waals surface area contributed by atoms with Crippen molar-refractivity contribution in [1.82, 2.24) is 10.2 Å². The number of anilines is 1. The number of nitriles is 1. The Balaban J connectivity index is 1.83. The number of carbonyl (C=O) groups excluding carboxylic acids is 3. The summed E-state index contributed by atoms with van der Waals surface area (Å²) in [6.07, 6.45) is 0.734. The summed E-state index contributed by atoms with van der Waals surface area (Å²) in [6.45, 7) is 2.99. The third-order valence-electron chi connectivity index (χ3n) is 3.86. The van der Waals surface area contributed by atoms with Crippen LogP contribution in [0.2, 0.25) is 0 Å². The second-order valence-corrected chi connectivity index (χ2v) is 5.55. The van der Waals surface area contributed by atoms with E-state index in [0.29, 0.717) is 38.2 Å². The summed E-state index contributed by atoms with van der Waals surface area (Å²) in [5.41, 5.74) is 0.577. The van der Waals surface area contributed by atoms with Gasteiger partial charge in [0.25, 0.3) is 0 Å². The predicted octanol–water partition coefficient (Wildman–Crippen LogP) is 1.23. The molecule has 0 radical (unpaired) electrons. The highest BCUT2D eigenvalue weighted by Crippen LogP contribution is 2.14. The van der Waals surface area contributed by atoms with Gasteiger partial charge in [-0.3, -0.25) is 9.59 Å². The zero-order chi connectivity index (χ0) is 18.2. The van der Waals surface area contributed by atoms with Gasteiger partial charge in [-0.05, 0) is 31.9 Å². The van der Waals surface area contributed by atoms with Crippen molar-refractivity contribution in [3.05, 3.63) is 29.8 Å². The molecule has 1 aliphatic rings. The van der Waals surface area contributed by atoms with Crippen LogP contribution in [0.5, 0.6) is 0 Å². The molecule has 1 aliphatic heterocycles. The average molecular weight is 344 g/mol. The highest BCUT2D eigenvalue weighted by atomic mass is 16.6. The SMILES string of the molecule is CCOC(=O)N1CCC(NC(=O)C(=O)Nc2ccccc2C#N)CC1. The molecule has 3 amide bonds. The molecule has 1 aromatic rings. The van der Waals surface area contributed by atoms with Gasteiger partial charge in [-0.2, -0.15) is 5.26 Å². The Morgan fingerprint density at radius 2 is 1.92 bits per heavy atom. The lowest BCUT2D eigenvalue weighted by Crippen LogP contribution is -2.49. The van der Waals surface area contributed by atoms with Crippen LogP contribution in [-0.2, 0) is 14.3 Å². The summed E-state index contributed by atoms with van der Waals surface area (Å²) in [4.78, 5) is 37.2. The van der Waals surface area contributed by atoms with Gasteiger partial charge in [0.1, 0.15) is 6.07 Å². The fourth-order valence-corrected chi connectivity index (χ4v) is 2.54. The highest BCUT2D eigenvalue weighted by molar-refractivity contribution is 6.39. The zero-order valence-electron chi connectivity index (χ0n) is 13.9. The number of likely N-dealkylation sites (tertiary alicyclic amines) is 1. The largest absolute Gasteiger partial charge is 0.450 e. The molecule has 0 unspecified atom stereocenters. The molecule has 1 saturated heterocycles.